The molecule has 7 heteroatoms. The molecule has 2 rings (SSSR count). The Morgan fingerprint density at radius 3 is 3.06 bits per heavy atom. The Morgan fingerprint density at radius 1 is 1.65 bits per heavy atom. The summed E-state index contributed by atoms with van der Waals surface area (Å²) in [6.45, 7) is 0.134. The van der Waals surface area contributed by atoms with Crippen LogP contribution in [0.2, 0.25) is 0 Å². The molecule has 0 bridgehead atoms. The third-order valence-electron chi connectivity index (χ3n) is 2.38. The number of ether oxygens (including phenoxy) is 1. The molecule has 0 aliphatic rings. The van der Waals surface area contributed by atoms with Crippen LogP contribution in [0.1, 0.15) is 0 Å². The number of fused-ring (bicyclic) bond motifs is 1. The van der Waals surface area contributed by atoms with E-state index in [0.717, 1.165) is 5.52 Å². The zero-order chi connectivity index (χ0) is 12.4. The van der Waals surface area contributed by atoms with Gasteiger partial charge in [-0.05, 0) is 18.3 Å². The van der Waals surface area contributed by atoms with Crippen molar-refractivity contribution in [2.45, 2.75) is 6.54 Å². The molecule has 0 atom stereocenters. The molecule has 0 aromatic carbocycles. The fraction of sp³-hybridized carbons (Fsp3) is 0.300. The van der Waals surface area contributed by atoms with Gasteiger partial charge in [0.1, 0.15) is 6.54 Å². The van der Waals surface area contributed by atoms with E-state index in [0.29, 0.717) is 16.3 Å². The van der Waals surface area contributed by atoms with Gasteiger partial charge in [0.2, 0.25) is 11.8 Å². The van der Waals surface area contributed by atoms with Crippen LogP contribution >= 0.6 is 12.2 Å². The van der Waals surface area contributed by atoms with Crippen molar-refractivity contribution >= 4 is 29.3 Å². The molecule has 0 saturated heterocycles. The summed E-state index contributed by atoms with van der Waals surface area (Å²) in [5.41, 5.74) is 1.39. The van der Waals surface area contributed by atoms with Crippen LogP contribution in [-0.4, -0.2) is 34.6 Å². The maximum atomic E-state index is 11.4. The molecule has 0 aliphatic heterocycles. The van der Waals surface area contributed by atoms with E-state index in [9.17, 15) is 4.79 Å². The highest BCUT2D eigenvalue weighted by Gasteiger charge is 2.09. The molecule has 2 aromatic heterocycles. The molecular formula is C10H12N4O2S. The number of nitrogens with one attached hydrogen (secondary N) is 2. The zero-order valence-electron chi connectivity index (χ0n) is 9.48. The van der Waals surface area contributed by atoms with Gasteiger partial charge in [-0.1, -0.05) is 0 Å². The lowest BCUT2D eigenvalue weighted by Crippen LogP contribution is -2.23. The second-order valence-electron chi connectivity index (χ2n) is 3.41. The largest absolute Gasteiger partial charge is 0.481 e. The maximum absolute atomic E-state index is 11.4. The Hall–Kier alpha value is -1.89. The second-order valence-corrected chi connectivity index (χ2v) is 3.80. The number of imidazole rings is 1. The van der Waals surface area contributed by atoms with Gasteiger partial charge in [0, 0.05) is 13.1 Å². The van der Waals surface area contributed by atoms with Gasteiger partial charge in [-0.2, -0.15) is 4.98 Å². The van der Waals surface area contributed by atoms with Crippen molar-refractivity contribution < 1.29 is 9.53 Å². The van der Waals surface area contributed by atoms with E-state index < -0.39 is 0 Å². The Labute approximate surface area is 103 Å². The van der Waals surface area contributed by atoms with E-state index in [1.54, 1.807) is 24.8 Å². The number of pyridine rings is 1. The predicted octanol–water partition coefficient (Wildman–Crippen LogP) is 0.848. The quantitative estimate of drug-likeness (QED) is 0.794. The second kappa shape index (κ2) is 4.54. The van der Waals surface area contributed by atoms with Crippen molar-refractivity contribution in [2.75, 3.05) is 14.2 Å². The number of likely N-dealkylation sites (N-methyl/N-ethyl adjacent to an activating group) is 1. The van der Waals surface area contributed by atoms with Gasteiger partial charge in [-0.25, -0.2) is 0 Å². The normalized spacial score (nSPS) is 10.5. The Bertz CT molecular complexity index is 616. The molecule has 0 aliphatic carbocycles. The van der Waals surface area contributed by atoms with E-state index in [2.05, 4.69) is 15.3 Å². The summed E-state index contributed by atoms with van der Waals surface area (Å²) in [4.78, 5) is 18.6. The Kier molecular flexibility index (Phi) is 3.10. The number of H-pyrrole nitrogens is 1. The fourth-order valence-corrected chi connectivity index (χ4v) is 1.76. The van der Waals surface area contributed by atoms with Crippen molar-refractivity contribution in [3.8, 4) is 5.88 Å². The van der Waals surface area contributed by atoms with E-state index in [4.69, 9.17) is 17.0 Å². The standard InChI is InChI=1S/C10H12N4O2S/c1-11-7(15)5-14-9-6(12-10(14)17)3-4-8(13-9)16-2/h3-4H,5H2,1-2H3,(H,11,15)(H,12,17). The van der Waals surface area contributed by atoms with Crippen LogP contribution in [0, 0.1) is 4.77 Å². The number of carbonyl (C=O) groups excluding carboxylic acids is 1. The van der Waals surface area contributed by atoms with Crippen LogP contribution in [0.4, 0.5) is 0 Å². The summed E-state index contributed by atoms with van der Waals surface area (Å²) < 4.78 is 7.14. The molecule has 2 aromatic rings. The number of aromatic nitrogens is 3. The number of methoxy groups -OCH3 is 1. The summed E-state index contributed by atoms with van der Waals surface area (Å²) in [6, 6.07) is 3.55. The molecule has 0 saturated carbocycles. The van der Waals surface area contributed by atoms with Crippen LogP contribution in [-0.2, 0) is 11.3 Å². The number of carbonyl (C=O) groups is 1. The van der Waals surface area contributed by atoms with Gasteiger partial charge in [0.05, 0.1) is 12.6 Å². The lowest BCUT2D eigenvalue weighted by molar-refractivity contribution is -0.121. The van der Waals surface area contributed by atoms with Gasteiger partial charge in [-0.15, -0.1) is 0 Å². The van der Waals surface area contributed by atoms with E-state index in [-0.39, 0.29) is 12.5 Å². The minimum Gasteiger partial charge on any atom is -0.481 e. The molecule has 2 N–H and O–H groups in total. The average Bonchev–Trinajstić information content (AvgIpc) is 2.65. The van der Waals surface area contributed by atoms with Crippen molar-refractivity contribution in [1.29, 1.82) is 0 Å². The van der Waals surface area contributed by atoms with Gasteiger partial charge >= 0.3 is 0 Å². The summed E-state index contributed by atoms with van der Waals surface area (Å²) in [5.74, 6) is 0.351. The Balaban J connectivity index is 2.56. The first-order chi connectivity index (χ1) is 8.15. The molecule has 0 unspecified atom stereocenters. The van der Waals surface area contributed by atoms with E-state index >= 15 is 0 Å². The SMILES string of the molecule is CNC(=O)Cn1c(=S)[nH]c2ccc(OC)nc21. The summed E-state index contributed by atoms with van der Waals surface area (Å²) in [6.07, 6.45) is 0. The highest BCUT2D eigenvalue weighted by molar-refractivity contribution is 7.71. The van der Waals surface area contributed by atoms with Crippen LogP contribution < -0.4 is 10.1 Å². The highest BCUT2D eigenvalue weighted by atomic mass is 32.1. The van der Waals surface area contributed by atoms with Gasteiger partial charge in [0.15, 0.2) is 10.4 Å². The minimum absolute atomic E-state index is 0.133. The molecule has 0 spiro atoms. The van der Waals surface area contributed by atoms with Crippen LogP contribution in [0.25, 0.3) is 11.2 Å². The molecular weight excluding hydrogens is 240 g/mol. The number of hydrogen-bond acceptors (Lipinski definition) is 4. The maximum Gasteiger partial charge on any atom is 0.239 e. The lowest BCUT2D eigenvalue weighted by Gasteiger charge is -2.03. The number of rotatable bonds is 3. The van der Waals surface area contributed by atoms with Crippen molar-refractivity contribution in [3.05, 3.63) is 16.9 Å². The van der Waals surface area contributed by atoms with Crippen LogP contribution in [0.3, 0.4) is 0 Å². The van der Waals surface area contributed by atoms with Crippen LogP contribution in [0.5, 0.6) is 5.88 Å². The molecule has 0 fully saturated rings. The molecule has 0 radical (unpaired) electrons. The minimum atomic E-state index is -0.133. The van der Waals surface area contributed by atoms with Crippen LogP contribution in [0.15, 0.2) is 12.1 Å². The van der Waals surface area contributed by atoms with Gasteiger partial charge in [-0.3, -0.25) is 9.36 Å². The molecule has 17 heavy (non-hydrogen) atoms. The van der Waals surface area contributed by atoms with E-state index in [1.807, 2.05) is 6.07 Å². The highest BCUT2D eigenvalue weighted by Crippen LogP contribution is 2.16. The fourth-order valence-electron chi connectivity index (χ4n) is 1.50. The Morgan fingerprint density at radius 2 is 2.41 bits per heavy atom. The first-order valence-electron chi connectivity index (χ1n) is 5.00. The van der Waals surface area contributed by atoms with Gasteiger partial charge < -0.3 is 15.0 Å². The topological polar surface area (TPSA) is 71.9 Å². The lowest BCUT2D eigenvalue weighted by atomic mass is 10.4. The molecule has 2 heterocycles. The van der Waals surface area contributed by atoms with Crippen molar-refractivity contribution in [3.63, 3.8) is 0 Å². The number of aromatic amines is 1. The van der Waals surface area contributed by atoms with Crippen molar-refractivity contribution in [1.82, 2.24) is 19.9 Å². The smallest absolute Gasteiger partial charge is 0.239 e. The molecule has 90 valence electrons. The monoisotopic (exact) mass is 252 g/mol. The summed E-state index contributed by atoms with van der Waals surface area (Å²) in [5, 5.41) is 2.54. The predicted molar refractivity (Wildman–Crippen MR) is 65.5 cm³/mol. The molecule has 6 nitrogen and oxygen atoms in total. The summed E-state index contributed by atoms with van der Waals surface area (Å²) >= 11 is 5.15. The average molecular weight is 252 g/mol. The summed E-state index contributed by atoms with van der Waals surface area (Å²) in [7, 11) is 3.12. The number of hydrogen-bond donors (Lipinski definition) is 2. The van der Waals surface area contributed by atoms with Gasteiger partial charge in [0.25, 0.3) is 0 Å². The zero-order valence-corrected chi connectivity index (χ0v) is 10.3. The molecule has 1 amide bonds. The first kappa shape index (κ1) is 11.6. The first-order valence-corrected chi connectivity index (χ1v) is 5.40. The van der Waals surface area contributed by atoms with Crippen molar-refractivity contribution in [2.24, 2.45) is 0 Å². The number of amides is 1. The third kappa shape index (κ3) is 2.14. The van der Waals surface area contributed by atoms with E-state index in [1.165, 1.54) is 0 Å². The third-order valence-corrected chi connectivity index (χ3v) is 2.70. The number of nitrogens with zero attached hydrogens (tertiary/aromatic N) is 2.